The number of hydrogen-bond donors (Lipinski definition) is 1. The van der Waals surface area contributed by atoms with E-state index in [1.54, 1.807) is 0 Å². The topological polar surface area (TPSA) is 40.5 Å². The van der Waals surface area contributed by atoms with Crippen LogP contribution in [0.5, 0.6) is 0 Å². The number of unbranched alkanes of at least 4 members (excludes halogenated alkanes) is 1. The first kappa shape index (κ1) is 14.5. The van der Waals surface area contributed by atoms with Gasteiger partial charge in [0, 0.05) is 6.04 Å². The van der Waals surface area contributed by atoms with Gasteiger partial charge in [-0.3, -0.25) is 4.79 Å². The van der Waals surface area contributed by atoms with E-state index in [4.69, 9.17) is 5.11 Å². The van der Waals surface area contributed by atoms with Crippen molar-refractivity contribution >= 4 is 5.97 Å². The average Bonchev–Trinajstić information content (AvgIpc) is 2.71. The molecule has 0 aliphatic carbocycles. The molecule has 17 heavy (non-hydrogen) atoms. The third-order valence-electron chi connectivity index (χ3n) is 4.05. The third kappa shape index (κ3) is 4.30. The van der Waals surface area contributed by atoms with Crippen LogP contribution in [0.15, 0.2) is 0 Å². The van der Waals surface area contributed by atoms with Gasteiger partial charge in [-0.2, -0.15) is 0 Å². The van der Waals surface area contributed by atoms with Crippen molar-refractivity contribution in [1.82, 2.24) is 4.90 Å². The molecule has 1 rings (SSSR count). The fourth-order valence-corrected chi connectivity index (χ4v) is 2.64. The Morgan fingerprint density at radius 3 is 2.71 bits per heavy atom. The lowest BCUT2D eigenvalue weighted by molar-refractivity contribution is -0.147. The van der Waals surface area contributed by atoms with Gasteiger partial charge in [0.15, 0.2) is 0 Å². The van der Waals surface area contributed by atoms with Gasteiger partial charge in [-0.25, -0.2) is 0 Å². The maximum Gasteiger partial charge on any atom is 0.309 e. The van der Waals surface area contributed by atoms with Crippen molar-refractivity contribution in [3.63, 3.8) is 0 Å². The average molecular weight is 241 g/mol. The van der Waals surface area contributed by atoms with Crippen molar-refractivity contribution in [2.24, 2.45) is 5.41 Å². The molecule has 0 aromatic rings. The zero-order valence-corrected chi connectivity index (χ0v) is 11.5. The smallest absolute Gasteiger partial charge is 0.309 e. The van der Waals surface area contributed by atoms with E-state index in [0.29, 0.717) is 0 Å². The molecule has 1 aliphatic rings. The van der Waals surface area contributed by atoms with Crippen LogP contribution in [-0.2, 0) is 4.79 Å². The Morgan fingerprint density at radius 1 is 1.41 bits per heavy atom. The van der Waals surface area contributed by atoms with Crippen molar-refractivity contribution in [3.05, 3.63) is 0 Å². The molecule has 3 nitrogen and oxygen atoms in total. The summed E-state index contributed by atoms with van der Waals surface area (Å²) in [6, 6.07) is 0.780. The van der Waals surface area contributed by atoms with Crippen molar-refractivity contribution in [3.8, 4) is 0 Å². The summed E-state index contributed by atoms with van der Waals surface area (Å²) < 4.78 is 0. The predicted molar refractivity (Wildman–Crippen MR) is 70.2 cm³/mol. The van der Waals surface area contributed by atoms with E-state index >= 15 is 0 Å². The standard InChI is InChI=1S/C14H27NO2/c1-4-12-8-7-11-15(12)10-6-5-9-14(2,3)13(16)17/h12H,4-11H2,1-3H3,(H,16,17). The quantitative estimate of drug-likeness (QED) is 0.696. The molecular weight excluding hydrogens is 214 g/mol. The number of carboxylic acids is 1. The van der Waals surface area contributed by atoms with Gasteiger partial charge in [-0.1, -0.05) is 13.3 Å². The van der Waals surface area contributed by atoms with Crippen LogP contribution in [0, 0.1) is 5.41 Å². The lowest BCUT2D eigenvalue weighted by atomic mass is 9.87. The number of rotatable bonds is 7. The van der Waals surface area contributed by atoms with Crippen LogP contribution in [0.4, 0.5) is 0 Å². The Bertz CT molecular complexity index is 251. The van der Waals surface area contributed by atoms with Crippen LogP contribution in [0.2, 0.25) is 0 Å². The lowest BCUT2D eigenvalue weighted by Gasteiger charge is -2.24. The fourth-order valence-electron chi connectivity index (χ4n) is 2.64. The molecule has 1 saturated heterocycles. The van der Waals surface area contributed by atoms with Gasteiger partial charge in [0.1, 0.15) is 0 Å². The number of carbonyl (C=O) groups is 1. The van der Waals surface area contributed by atoms with E-state index in [0.717, 1.165) is 31.8 Å². The highest BCUT2D eigenvalue weighted by molar-refractivity contribution is 5.73. The summed E-state index contributed by atoms with van der Waals surface area (Å²) in [7, 11) is 0. The van der Waals surface area contributed by atoms with E-state index in [1.807, 2.05) is 13.8 Å². The van der Waals surface area contributed by atoms with Crippen molar-refractivity contribution < 1.29 is 9.90 Å². The Morgan fingerprint density at radius 2 is 2.12 bits per heavy atom. The number of hydrogen-bond acceptors (Lipinski definition) is 2. The number of likely N-dealkylation sites (tertiary alicyclic amines) is 1. The van der Waals surface area contributed by atoms with Gasteiger partial charge in [0.05, 0.1) is 5.41 Å². The van der Waals surface area contributed by atoms with E-state index in [1.165, 1.54) is 25.8 Å². The fraction of sp³-hybridized carbons (Fsp3) is 0.929. The minimum absolute atomic E-state index is 0.560. The maximum atomic E-state index is 11.0. The third-order valence-corrected chi connectivity index (χ3v) is 4.05. The van der Waals surface area contributed by atoms with Gasteiger partial charge in [0.25, 0.3) is 0 Å². The second-order valence-electron chi connectivity index (χ2n) is 5.89. The molecular formula is C14H27NO2. The Balaban J connectivity index is 2.18. The van der Waals surface area contributed by atoms with E-state index in [9.17, 15) is 4.79 Å². The first-order chi connectivity index (χ1) is 7.97. The number of carboxylic acid groups (broad SMARTS) is 1. The van der Waals surface area contributed by atoms with E-state index in [-0.39, 0.29) is 0 Å². The van der Waals surface area contributed by atoms with Crippen LogP contribution in [0.25, 0.3) is 0 Å². The minimum atomic E-state index is -0.676. The van der Waals surface area contributed by atoms with Crippen molar-refractivity contribution in [2.75, 3.05) is 13.1 Å². The first-order valence-corrected chi connectivity index (χ1v) is 6.95. The van der Waals surface area contributed by atoms with Crippen LogP contribution >= 0.6 is 0 Å². The summed E-state index contributed by atoms with van der Waals surface area (Å²) in [5.74, 6) is -0.676. The molecule has 1 aliphatic heterocycles. The SMILES string of the molecule is CCC1CCCN1CCCCC(C)(C)C(=O)O. The number of aliphatic carboxylic acids is 1. The molecule has 1 fully saturated rings. The zero-order valence-electron chi connectivity index (χ0n) is 11.5. The molecule has 0 bridgehead atoms. The Kier molecular flexibility index (Phi) is 5.44. The highest BCUT2D eigenvalue weighted by Crippen LogP contribution is 2.25. The molecule has 1 heterocycles. The second-order valence-corrected chi connectivity index (χ2v) is 5.89. The number of nitrogens with zero attached hydrogens (tertiary/aromatic N) is 1. The zero-order chi connectivity index (χ0) is 12.9. The van der Waals surface area contributed by atoms with Crippen LogP contribution < -0.4 is 0 Å². The normalized spacial score (nSPS) is 21.9. The molecule has 1 unspecified atom stereocenters. The second kappa shape index (κ2) is 6.39. The molecule has 0 radical (unpaired) electrons. The largest absolute Gasteiger partial charge is 0.481 e. The summed E-state index contributed by atoms with van der Waals surface area (Å²) in [6.07, 6.45) is 6.86. The van der Waals surface area contributed by atoms with Gasteiger partial charge < -0.3 is 10.0 Å². The molecule has 1 N–H and O–H groups in total. The van der Waals surface area contributed by atoms with Crippen molar-refractivity contribution in [1.29, 1.82) is 0 Å². The van der Waals surface area contributed by atoms with Gasteiger partial charge in [0.2, 0.25) is 0 Å². The summed E-state index contributed by atoms with van der Waals surface area (Å²) in [5, 5.41) is 9.02. The highest BCUT2D eigenvalue weighted by atomic mass is 16.4. The molecule has 0 aromatic carbocycles. The molecule has 1 atom stereocenters. The predicted octanol–water partition coefficient (Wildman–Crippen LogP) is 3.14. The molecule has 100 valence electrons. The summed E-state index contributed by atoms with van der Waals surface area (Å²) >= 11 is 0. The van der Waals surface area contributed by atoms with E-state index < -0.39 is 11.4 Å². The van der Waals surface area contributed by atoms with E-state index in [2.05, 4.69) is 11.8 Å². The molecule has 0 spiro atoms. The molecule has 0 aromatic heterocycles. The van der Waals surface area contributed by atoms with Crippen LogP contribution in [-0.4, -0.2) is 35.1 Å². The lowest BCUT2D eigenvalue weighted by Crippen LogP contribution is -2.30. The Hall–Kier alpha value is -0.570. The summed E-state index contributed by atoms with van der Waals surface area (Å²) in [4.78, 5) is 13.5. The Labute approximate surface area is 105 Å². The highest BCUT2D eigenvalue weighted by Gasteiger charge is 2.27. The van der Waals surface area contributed by atoms with Crippen LogP contribution in [0.3, 0.4) is 0 Å². The van der Waals surface area contributed by atoms with Crippen molar-refractivity contribution in [2.45, 2.75) is 65.3 Å². The monoisotopic (exact) mass is 241 g/mol. The minimum Gasteiger partial charge on any atom is -0.481 e. The van der Waals surface area contributed by atoms with Crippen LogP contribution in [0.1, 0.15) is 59.3 Å². The molecule has 3 heteroatoms. The molecule has 0 saturated carbocycles. The summed E-state index contributed by atoms with van der Waals surface area (Å²) in [5.41, 5.74) is -0.560. The van der Waals surface area contributed by atoms with Gasteiger partial charge in [-0.15, -0.1) is 0 Å². The molecule has 0 amide bonds. The maximum absolute atomic E-state index is 11.0. The first-order valence-electron chi connectivity index (χ1n) is 6.95. The van der Waals surface area contributed by atoms with Gasteiger partial charge in [-0.05, 0) is 59.0 Å². The van der Waals surface area contributed by atoms with Gasteiger partial charge >= 0.3 is 5.97 Å². The summed E-state index contributed by atoms with van der Waals surface area (Å²) in [6.45, 7) is 8.28.